The molecule has 1 aromatic rings. The van der Waals surface area contributed by atoms with Gasteiger partial charge in [-0.3, -0.25) is 4.79 Å². The number of nitrogens with one attached hydrogen (secondary N) is 3. The standard InChI is InChI=1S/C22H38N4O3/c1-16(2)28-14-8-13-23-21(24-15-20(27)26-22(5,6)7)25-18-9-11-19(12-10-18)29-17(3)4/h9-12,16-17H,8,13-15H2,1-7H3,(H,26,27)(H2,23,24,25). The molecule has 0 aliphatic carbocycles. The van der Waals surface area contributed by atoms with Gasteiger partial charge in [-0.1, -0.05) is 0 Å². The van der Waals surface area contributed by atoms with Gasteiger partial charge in [0.15, 0.2) is 5.96 Å². The second kappa shape index (κ2) is 12.3. The van der Waals surface area contributed by atoms with Crippen LogP contribution in [0.3, 0.4) is 0 Å². The molecule has 1 aromatic carbocycles. The van der Waals surface area contributed by atoms with Crippen LogP contribution in [0.15, 0.2) is 29.3 Å². The molecule has 0 bridgehead atoms. The molecular weight excluding hydrogens is 368 g/mol. The third-order valence-electron chi connectivity index (χ3n) is 3.45. The fourth-order valence-corrected chi connectivity index (χ4v) is 2.37. The lowest BCUT2D eigenvalue weighted by atomic mass is 10.1. The fourth-order valence-electron chi connectivity index (χ4n) is 2.37. The number of aliphatic imine (C=N–C) groups is 1. The summed E-state index contributed by atoms with van der Waals surface area (Å²) in [5.41, 5.74) is 0.579. The van der Waals surface area contributed by atoms with Crippen LogP contribution in [-0.4, -0.2) is 49.3 Å². The summed E-state index contributed by atoms with van der Waals surface area (Å²) in [5, 5.41) is 9.41. The predicted molar refractivity (Wildman–Crippen MR) is 120 cm³/mol. The number of hydrogen-bond donors (Lipinski definition) is 3. The van der Waals surface area contributed by atoms with Gasteiger partial charge in [0.05, 0.1) is 12.2 Å². The number of carbonyl (C=O) groups excluding carboxylic acids is 1. The number of hydrogen-bond acceptors (Lipinski definition) is 4. The highest BCUT2D eigenvalue weighted by molar-refractivity contribution is 5.95. The van der Waals surface area contributed by atoms with E-state index in [1.807, 2.05) is 72.7 Å². The van der Waals surface area contributed by atoms with E-state index >= 15 is 0 Å². The maximum absolute atomic E-state index is 12.1. The third kappa shape index (κ3) is 12.7. The second-order valence-corrected chi connectivity index (χ2v) is 8.48. The molecule has 0 unspecified atom stereocenters. The summed E-state index contributed by atoms with van der Waals surface area (Å²) in [5.74, 6) is 1.24. The van der Waals surface area contributed by atoms with Crippen LogP contribution >= 0.6 is 0 Å². The Bertz CT molecular complexity index is 634. The average molecular weight is 407 g/mol. The maximum Gasteiger partial charge on any atom is 0.242 e. The van der Waals surface area contributed by atoms with E-state index < -0.39 is 0 Å². The molecule has 164 valence electrons. The van der Waals surface area contributed by atoms with Gasteiger partial charge in [-0.2, -0.15) is 0 Å². The Labute approximate surface area is 175 Å². The van der Waals surface area contributed by atoms with Crippen molar-refractivity contribution in [2.45, 2.75) is 72.6 Å². The zero-order valence-electron chi connectivity index (χ0n) is 19.0. The fraction of sp³-hybridized carbons (Fsp3) is 0.636. The van der Waals surface area contributed by atoms with Gasteiger partial charge in [0.25, 0.3) is 0 Å². The van der Waals surface area contributed by atoms with Gasteiger partial charge in [-0.05, 0) is 79.2 Å². The summed E-state index contributed by atoms with van der Waals surface area (Å²) in [6.07, 6.45) is 1.18. The van der Waals surface area contributed by atoms with Crippen LogP contribution < -0.4 is 20.7 Å². The highest BCUT2D eigenvalue weighted by Crippen LogP contribution is 2.16. The Kier molecular flexibility index (Phi) is 10.5. The second-order valence-electron chi connectivity index (χ2n) is 8.48. The smallest absolute Gasteiger partial charge is 0.242 e. The largest absolute Gasteiger partial charge is 0.491 e. The lowest BCUT2D eigenvalue weighted by Gasteiger charge is -2.20. The van der Waals surface area contributed by atoms with Gasteiger partial charge < -0.3 is 25.4 Å². The maximum atomic E-state index is 12.1. The average Bonchev–Trinajstić information content (AvgIpc) is 2.58. The Morgan fingerprint density at radius 3 is 2.28 bits per heavy atom. The highest BCUT2D eigenvalue weighted by atomic mass is 16.5. The normalized spacial score (nSPS) is 12.2. The number of nitrogens with zero attached hydrogens (tertiary/aromatic N) is 1. The first-order valence-electron chi connectivity index (χ1n) is 10.3. The topological polar surface area (TPSA) is 84.0 Å². The lowest BCUT2D eigenvalue weighted by Crippen LogP contribution is -2.42. The molecule has 1 amide bonds. The first kappa shape index (κ1) is 24.8. The molecule has 0 heterocycles. The van der Waals surface area contributed by atoms with Gasteiger partial charge in [-0.25, -0.2) is 4.99 Å². The Morgan fingerprint density at radius 1 is 1.07 bits per heavy atom. The number of rotatable bonds is 10. The molecule has 0 saturated carbocycles. The SMILES string of the molecule is CC(C)OCCCNC(=NCC(=O)NC(C)(C)C)Nc1ccc(OC(C)C)cc1. The summed E-state index contributed by atoms with van der Waals surface area (Å²) in [4.78, 5) is 16.5. The van der Waals surface area contributed by atoms with Crippen molar-refractivity contribution < 1.29 is 14.3 Å². The first-order valence-corrected chi connectivity index (χ1v) is 10.3. The van der Waals surface area contributed by atoms with Crippen molar-refractivity contribution in [3.63, 3.8) is 0 Å². The van der Waals surface area contributed by atoms with E-state index in [0.29, 0.717) is 19.1 Å². The van der Waals surface area contributed by atoms with Crippen molar-refractivity contribution in [2.24, 2.45) is 4.99 Å². The number of guanidine groups is 1. The van der Waals surface area contributed by atoms with Crippen LogP contribution in [-0.2, 0) is 9.53 Å². The van der Waals surface area contributed by atoms with E-state index in [1.165, 1.54) is 0 Å². The predicted octanol–water partition coefficient (Wildman–Crippen LogP) is 3.56. The summed E-state index contributed by atoms with van der Waals surface area (Å²) >= 11 is 0. The summed E-state index contributed by atoms with van der Waals surface area (Å²) < 4.78 is 11.2. The van der Waals surface area contributed by atoms with E-state index in [4.69, 9.17) is 9.47 Å². The first-order chi connectivity index (χ1) is 13.5. The van der Waals surface area contributed by atoms with Crippen LogP contribution in [0.2, 0.25) is 0 Å². The molecule has 0 saturated heterocycles. The number of benzene rings is 1. The van der Waals surface area contributed by atoms with Crippen molar-refractivity contribution in [1.82, 2.24) is 10.6 Å². The molecular formula is C22H38N4O3. The molecule has 0 aliphatic heterocycles. The molecule has 0 aromatic heterocycles. The molecule has 29 heavy (non-hydrogen) atoms. The molecule has 0 aliphatic rings. The van der Waals surface area contributed by atoms with Crippen molar-refractivity contribution in [1.29, 1.82) is 0 Å². The van der Waals surface area contributed by atoms with Crippen LogP contribution in [0.25, 0.3) is 0 Å². The van der Waals surface area contributed by atoms with Crippen molar-refractivity contribution in [3.8, 4) is 5.75 Å². The molecule has 7 nitrogen and oxygen atoms in total. The minimum Gasteiger partial charge on any atom is -0.491 e. The Hall–Kier alpha value is -2.28. The quantitative estimate of drug-likeness (QED) is 0.314. The summed E-state index contributed by atoms with van der Waals surface area (Å²) in [6.45, 7) is 15.3. The van der Waals surface area contributed by atoms with Crippen molar-refractivity contribution in [2.75, 3.05) is 25.0 Å². The van der Waals surface area contributed by atoms with Crippen molar-refractivity contribution >= 4 is 17.6 Å². The van der Waals surface area contributed by atoms with E-state index in [1.54, 1.807) is 0 Å². The third-order valence-corrected chi connectivity index (χ3v) is 3.45. The van der Waals surface area contributed by atoms with E-state index in [-0.39, 0.29) is 30.2 Å². The van der Waals surface area contributed by atoms with Gasteiger partial charge in [0.2, 0.25) is 5.91 Å². The minimum atomic E-state index is -0.284. The molecule has 3 N–H and O–H groups in total. The van der Waals surface area contributed by atoms with Gasteiger partial charge >= 0.3 is 0 Å². The Morgan fingerprint density at radius 2 is 1.72 bits per heavy atom. The van der Waals surface area contributed by atoms with Crippen molar-refractivity contribution in [3.05, 3.63) is 24.3 Å². The van der Waals surface area contributed by atoms with E-state index in [2.05, 4.69) is 20.9 Å². The van der Waals surface area contributed by atoms with E-state index in [9.17, 15) is 4.79 Å². The molecule has 0 radical (unpaired) electrons. The lowest BCUT2D eigenvalue weighted by molar-refractivity contribution is -0.121. The zero-order chi connectivity index (χ0) is 21.9. The molecule has 0 fully saturated rings. The van der Waals surface area contributed by atoms with Crippen LogP contribution in [0, 0.1) is 0 Å². The molecule has 1 rings (SSSR count). The van der Waals surface area contributed by atoms with Crippen LogP contribution in [0.5, 0.6) is 5.75 Å². The van der Waals surface area contributed by atoms with Gasteiger partial charge in [0, 0.05) is 24.4 Å². The Balaban J connectivity index is 2.70. The summed E-state index contributed by atoms with van der Waals surface area (Å²) in [6, 6.07) is 7.66. The summed E-state index contributed by atoms with van der Waals surface area (Å²) in [7, 11) is 0. The monoisotopic (exact) mass is 406 g/mol. The number of carbonyl (C=O) groups is 1. The van der Waals surface area contributed by atoms with Crippen LogP contribution in [0.1, 0.15) is 54.9 Å². The number of anilines is 1. The molecule has 0 spiro atoms. The van der Waals surface area contributed by atoms with Gasteiger partial charge in [0.1, 0.15) is 12.3 Å². The van der Waals surface area contributed by atoms with E-state index in [0.717, 1.165) is 17.9 Å². The van der Waals surface area contributed by atoms with Gasteiger partial charge in [-0.15, -0.1) is 0 Å². The minimum absolute atomic E-state index is 0.0453. The number of amides is 1. The number of ether oxygens (including phenoxy) is 2. The highest BCUT2D eigenvalue weighted by Gasteiger charge is 2.13. The van der Waals surface area contributed by atoms with Crippen LogP contribution in [0.4, 0.5) is 5.69 Å². The molecule has 0 atom stereocenters. The molecule has 7 heteroatoms. The zero-order valence-corrected chi connectivity index (χ0v) is 19.0.